The number of ether oxygens (including phenoxy) is 1. The number of hydrogen-bond donors (Lipinski definition) is 0. The second-order valence-electron chi connectivity index (χ2n) is 4.69. The van der Waals surface area contributed by atoms with Gasteiger partial charge in [-0.25, -0.2) is 14.8 Å². The van der Waals surface area contributed by atoms with Gasteiger partial charge in [0.25, 0.3) is 0 Å². The lowest BCUT2D eigenvalue weighted by molar-refractivity contribution is 0.0599. The zero-order valence-electron chi connectivity index (χ0n) is 11.7. The van der Waals surface area contributed by atoms with E-state index in [9.17, 15) is 4.79 Å². The highest BCUT2D eigenvalue weighted by molar-refractivity contribution is 5.88. The Balaban J connectivity index is 2.05. The lowest BCUT2D eigenvalue weighted by atomic mass is 10.2. The number of piperazine rings is 1. The molecule has 0 amide bonds. The van der Waals surface area contributed by atoms with Gasteiger partial charge in [-0.15, -0.1) is 0 Å². The van der Waals surface area contributed by atoms with E-state index in [2.05, 4.69) is 38.4 Å². The van der Waals surface area contributed by atoms with Gasteiger partial charge in [-0.1, -0.05) is 6.92 Å². The molecule has 0 spiro atoms. The molecule has 1 aliphatic rings. The van der Waals surface area contributed by atoms with E-state index in [4.69, 9.17) is 0 Å². The highest BCUT2D eigenvalue weighted by Crippen LogP contribution is 2.14. The molecule has 1 aliphatic heterocycles. The van der Waals surface area contributed by atoms with Gasteiger partial charge in [0, 0.05) is 38.1 Å². The molecule has 6 nitrogen and oxygen atoms in total. The average Bonchev–Trinajstić information content (AvgIpc) is 2.46. The molecular formula is C13H20N4O2. The van der Waals surface area contributed by atoms with Gasteiger partial charge in [0.1, 0.15) is 0 Å². The highest BCUT2D eigenvalue weighted by Gasteiger charge is 2.24. The van der Waals surface area contributed by atoms with E-state index in [0.717, 1.165) is 26.2 Å². The molecule has 2 heterocycles. The first kappa shape index (κ1) is 13.7. The van der Waals surface area contributed by atoms with Crippen LogP contribution in [0.25, 0.3) is 0 Å². The summed E-state index contributed by atoms with van der Waals surface area (Å²) in [5.41, 5.74) is 0.381. The van der Waals surface area contributed by atoms with E-state index < -0.39 is 5.97 Å². The summed E-state index contributed by atoms with van der Waals surface area (Å²) in [5.74, 6) is 0.269. The van der Waals surface area contributed by atoms with Crippen LogP contribution in [0.15, 0.2) is 12.4 Å². The summed E-state index contributed by atoms with van der Waals surface area (Å²) in [5, 5.41) is 0. The summed E-state index contributed by atoms with van der Waals surface area (Å²) >= 11 is 0. The second-order valence-corrected chi connectivity index (χ2v) is 4.69. The van der Waals surface area contributed by atoms with Crippen molar-refractivity contribution in [3.8, 4) is 0 Å². The third kappa shape index (κ3) is 3.01. The van der Waals surface area contributed by atoms with E-state index in [1.54, 1.807) is 0 Å². The van der Waals surface area contributed by atoms with Crippen molar-refractivity contribution in [2.24, 2.45) is 0 Å². The number of methoxy groups -OCH3 is 1. The number of rotatable bonds is 3. The van der Waals surface area contributed by atoms with Gasteiger partial charge in [0.05, 0.1) is 12.7 Å². The molecule has 1 aromatic rings. The Kier molecular flexibility index (Phi) is 4.31. The Morgan fingerprint density at radius 2 is 2.11 bits per heavy atom. The van der Waals surface area contributed by atoms with Crippen LogP contribution < -0.4 is 4.90 Å². The maximum Gasteiger partial charge on any atom is 0.341 e. The van der Waals surface area contributed by atoms with Gasteiger partial charge in [-0.3, -0.25) is 4.90 Å². The minimum absolute atomic E-state index is 0.381. The molecule has 1 fully saturated rings. The molecule has 0 saturated carbocycles. The third-order valence-corrected chi connectivity index (χ3v) is 3.51. The quantitative estimate of drug-likeness (QED) is 0.752. The van der Waals surface area contributed by atoms with Gasteiger partial charge >= 0.3 is 5.97 Å². The fourth-order valence-corrected chi connectivity index (χ4v) is 2.35. The van der Waals surface area contributed by atoms with Crippen molar-refractivity contribution in [3.05, 3.63) is 18.0 Å². The summed E-state index contributed by atoms with van der Waals surface area (Å²) in [7, 11) is 1.35. The average molecular weight is 264 g/mol. The number of hydrogen-bond acceptors (Lipinski definition) is 6. The van der Waals surface area contributed by atoms with Crippen molar-refractivity contribution in [2.45, 2.75) is 19.9 Å². The van der Waals surface area contributed by atoms with Crippen molar-refractivity contribution in [3.63, 3.8) is 0 Å². The van der Waals surface area contributed by atoms with Crippen molar-refractivity contribution in [1.29, 1.82) is 0 Å². The maximum absolute atomic E-state index is 11.3. The highest BCUT2D eigenvalue weighted by atomic mass is 16.5. The Morgan fingerprint density at radius 1 is 1.42 bits per heavy atom. The predicted octanol–water partition coefficient (Wildman–Crippen LogP) is 0.794. The van der Waals surface area contributed by atoms with Crippen LogP contribution in [0.1, 0.15) is 24.2 Å². The lowest BCUT2D eigenvalue weighted by Gasteiger charge is -2.39. The lowest BCUT2D eigenvalue weighted by Crippen LogP contribution is -2.52. The van der Waals surface area contributed by atoms with E-state index in [1.807, 2.05) is 0 Å². The number of nitrogens with zero attached hydrogens (tertiary/aromatic N) is 4. The predicted molar refractivity (Wildman–Crippen MR) is 72.3 cm³/mol. The van der Waals surface area contributed by atoms with Gasteiger partial charge in [-0.2, -0.15) is 0 Å². The number of esters is 1. The van der Waals surface area contributed by atoms with Crippen molar-refractivity contribution < 1.29 is 9.53 Å². The molecule has 19 heavy (non-hydrogen) atoms. The Hall–Kier alpha value is -1.69. The fourth-order valence-electron chi connectivity index (χ4n) is 2.35. The fraction of sp³-hybridized carbons (Fsp3) is 0.615. The molecule has 0 radical (unpaired) electrons. The smallest absolute Gasteiger partial charge is 0.341 e. The first-order chi connectivity index (χ1) is 9.15. The van der Waals surface area contributed by atoms with Gasteiger partial charge in [0.2, 0.25) is 5.95 Å². The minimum Gasteiger partial charge on any atom is -0.465 e. The van der Waals surface area contributed by atoms with E-state index in [1.165, 1.54) is 19.5 Å². The van der Waals surface area contributed by atoms with E-state index in [-0.39, 0.29) is 0 Å². The van der Waals surface area contributed by atoms with Gasteiger partial charge in [0.15, 0.2) is 0 Å². The van der Waals surface area contributed by atoms with Crippen LogP contribution in [0.3, 0.4) is 0 Å². The van der Waals surface area contributed by atoms with Gasteiger partial charge < -0.3 is 9.64 Å². The Labute approximate surface area is 113 Å². The van der Waals surface area contributed by atoms with Crippen LogP contribution in [-0.4, -0.2) is 60.2 Å². The molecule has 1 saturated heterocycles. The number of carbonyl (C=O) groups is 1. The van der Waals surface area contributed by atoms with Crippen LogP contribution in [0.2, 0.25) is 0 Å². The molecule has 1 atom stereocenters. The SMILES string of the molecule is CCN1CCN(c2ncc(C(=O)OC)cn2)C[C@@H]1C. The molecule has 0 aromatic carbocycles. The summed E-state index contributed by atoms with van der Waals surface area (Å²) < 4.78 is 4.63. The zero-order chi connectivity index (χ0) is 13.8. The van der Waals surface area contributed by atoms with Gasteiger partial charge in [-0.05, 0) is 13.5 Å². The summed E-state index contributed by atoms with van der Waals surface area (Å²) in [6.45, 7) is 8.28. The first-order valence-electron chi connectivity index (χ1n) is 6.55. The van der Waals surface area contributed by atoms with Crippen molar-refractivity contribution >= 4 is 11.9 Å². The number of anilines is 1. The largest absolute Gasteiger partial charge is 0.465 e. The Bertz CT molecular complexity index is 435. The van der Waals surface area contributed by atoms with E-state index >= 15 is 0 Å². The molecule has 1 aromatic heterocycles. The molecule has 2 rings (SSSR count). The summed E-state index contributed by atoms with van der Waals surface area (Å²) in [6.07, 6.45) is 3.04. The van der Waals surface area contributed by atoms with E-state index in [0.29, 0.717) is 17.6 Å². The van der Waals surface area contributed by atoms with Crippen LogP contribution in [0.4, 0.5) is 5.95 Å². The molecule has 104 valence electrons. The Morgan fingerprint density at radius 3 is 2.63 bits per heavy atom. The first-order valence-corrected chi connectivity index (χ1v) is 6.55. The number of likely N-dealkylation sites (N-methyl/N-ethyl adjacent to an activating group) is 1. The van der Waals surface area contributed by atoms with Crippen molar-refractivity contribution in [1.82, 2.24) is 14.9 Å². The maximum atomic E-state index is 11.3. The summed E-state index contributed by atoms with van der Waals surface area (Å²) in [6, 6.07) is 0.489. The molecule has 0 unspecified atom stereocenters. The zero-order valence-corrected chi connectivity index (χ0v) is 11.7. The molecule has 6 heteroatoms. The van der Waals surface area contributed by atoms with Crippen LogP contribution >= 0.6 is 0 Å². The van der Waals surface area contributed by atoms with Crippen LogP contribution in [0.5, 0.6) is 0 Å². The standard InChI is InChI=1S/C13H20N4O2/c1-4-16-5-6-17(9-10(16)2)13-14-7-11(8-15-13)12(18)19-3/h7-8,10H,4-6,9H2,1-3H3/t10-/m0/s1. The molecule has 0 N–H and O–H groups in total. The minimum atomic E-state index is -0.407. The topological polar surface area (TPSA) is 58.6 Å². The van der Waals surface area contributed by atoms with Crippen LogP contribution in [-0.2, 0) is 4.74 Å². The molecule has 0 bridgehead atoms. The second kappa shape index (κ2) is 5.97. The normalized spacial score (nSPS) is 20.4. The third-order valence-electron chi connectivity index (χ3n) is 3.51. The molecule has 0 aliphatic carbocycles. The monoisotopic (exact) mass is 264 g/mol. The summed E-state index contributed by atoms with van der Waals surface area (Å²) in [4.78, 5) is 24.4. The molecular weight excluding hydrogens is 244 g/mol. The number of aromatic nitrogens is 2. The van der Waals surface area contributed by atoms with Crippen LogP contribution in [0, 0.1) is 0 Å². The van der Waals surface area contributed by atoms with Crippen molar-refractivity contribution in [2.75, 3.05) is 38.2 Å². The number of carbonyl (C=O) groups excluding carboxylic acids is 1.